The summed E-state index contributed by atoms with van der Waals surface area (Å²) in [6, 6.07) is 9.59. The highest BCUT2D eigenvalue weighted by atomic mass is 19.4. The molecule has 0 aliphatic carbocycles. The zero-order valence-corrected chi connectivity index (χ0v) is 12.2. The summed E-state index contributed by atoms with van der Waals surface area (Å²) in [5, 5.41) is 13.7. The number of rotatable bonds is 3. The number of fused-ring (bicyclic) bond motifs is 1. The van der Waals surface area contributed by atoms with Crippen molar-refractivity contribution in [1.29, 1.82) is 0 Å². The lowest BCUT2D eigenvalue weighted by Crippen LogP contribution is -2.18. The lowest BCUT2D eigenvalue weighted by molar-refractivity contribution is -0.137. The predicted octanol–water partition coefficient (Wildman–Crippen LogP) is 3.22. The molecule has 0 spiro atoms. The molecular formula is C16H12F3N3O2. The first-order chi connectivity index (χ1) is 11.4. The predicted molar refractivity (Wildman–Crippen MR) is 79.5 cm³/mol. The fourth-order valence-corrected chi connectivity index (χ4v) is 2.37. The van der Waals surface area contributed by atoms with E-state index in [2.05, 4.69) is 5.10 Å². The molecule has 2 aromatic carbocycles. The van der Waals surface area contributed by atoms with Gasteiger partial charge in [-0.25, -0.2) is 5.48 Å². The summed E-state index contributed by atoms with van der Waals surface area (Å²) >= 11 is 0. The number of aromatic nitrogens is 2. The minimum absolute atomic E-state index is 0.249. The number of carbonyl (C=O) groups is 1. The van der Waals surface area contributed by atoms with Crippen LogP contribution in [0.1, 0.15) is 21.5 Å². The first-order valence-electron chi connectivity index (χ1n) is 6.94. The van der Waals surface area contributed by atoms with Gasteiger partial charge in [-0.05, 0) is 29.8 Å². The Hall–Kier alpha value is -2.87. The van der Waals surface area contributed by atoms with Crippen LogP contribution in [0, 0.1) is 0 Å². The van der Waals surface area contributed by atoms with Crippen molar-refractivity contribution in [3.05, 3.63) is 65.4 Å². The molecule has 5 nitrogen and oxygen atoms in total. The Morgan fingerprint density at radius 2 is 1.88 bits per heavy atom. The molecule has 8 heteroatoms. The van der Waals surface area contributed by atoms with Crippen LogP contribution in [-0.4, -0.2) is 20.9 Å². The Morgan fingerprint density at radius 1 is 1.17 bits per heavy atom. The van der Waals surface area contributed by atoms with Crippen molar-refractivity contribution >= 4 is 16.8 Å². The van der Waals surface area contributed by atoms with E-state index in [4.69, 9.17) is 5.21 Å². The van der Waals surface area contributed by atoms with E-state index in [1.165, 1.54) is 18.2 Å². The maximum Gasteiger partial charge on any atom is 0.416 e. The maximum atomic E-state index is 12.6. The van der Waals surface area contributed by atoms with Crippen molar-refractivity contribution in [2.75, 3.05) is 0 Å². The number of carbonyl (C=O) groups excluding carboxylic acids is 1. The number of alkyl halides is 3. The topological polar surface area (TPSA) is 67.2 Å². The largest absolute Gasteiger partial charge is 0.416 e. The van der Waals surface area contributed by atoms with Crippen LogP contribution in [0.15, 0.2) is 48.7 Å². The first-order valence-corrected chi connectivity index (χ1v) is 6.94. The Bertz CT molecular complexity index is 886. The molecule has 0 saturated carbocycles. The summed E-state index contributed by atoms with van der Waals surface area (Å²) in [5.74, 6) is -0.654. The average molecular weight is 335 g/mol. The third-order valence-corrected chi connectivity index (χ3v) is 3.62. The summed E-state index contributed by atoms with van der Waals surface area (Å²) in [6.45, 7) is 0.256. The fraction of sp³-hybridized carbons (Fsp3) is 0.125. The van der Waals surface area contributed by atoms with E-state index in [9.17, 15) is 18.0 Å². The van der Waals surface area contributed by atoms with Crippen LogP contribution < -0.4 is 5.48 Å². The van der Waals surface area contributed by atoms with Gasteiger partial charge >= 0.3 is 6.18 Å². The minimum Gasteiger partial charge on any atom is -0.288 e. The molecule has 1 aromatic heterocycles. The van der Waals surface area contributed by atoms with Gasteiger partial charge in [-0.3, -0.25) is 14.7 Å². The van der Waals surface area contributed by atoms with Crippen LogP contribution in [0.5, 0.6) is 0 Å². The van der Waals surface area contributed by atoms with E-state index in [-0.39, 0.29) is 12.1 Å². The number of halogens is 3. The van der Waals surface area contributed by atoms with E-state index in [0.29, 0.717) is 11.1 Å². The lowest BCUT2D eigenvalue weighted by Gasteiger charge is -2.08. The molecule has 24 heavy (non-hydrogen) atoms. The van der Waals surface area contributed by atoms with Crippen LogP contribution >= 0.6 is 0 Å². The fourth-order valence-electron chi connectivity index (χ4n) is 2.37. The molecule has 0 saturated heterocycles. The van der Waals surface area contributed by atoms with Gasteiger partial charge in [0.15, 0.2) is 0 Å². The Balaban J connectivity index is 1.91. The molecule has 0 radical (unpaired) electrons. The standard InChI is InChI=1S/C16H12F3N3O2/c17-16(18,19)13-5-1-10(2-6-13)9-22-14-7-11(15(23)21-24)3-4-12(14)8-20-22/h1-8,24H,9H2,(H,21,23). The molecule has 0 aliphatic rings. The van der Waals surface area contributed by atoms with Gasteiger partial charge < -0.3 is 0 Å². The Labute approximate surface area is 134 Å². The first kappa shape index (κ1) is 16.0. The number of benzene rings is 2. The van der Waals surface area contributed by atoms with Gasteiger partial charge in [-0.15, -0.1) is 0 Å². The summed E-state index contributed by atoms with van der Waals surface area (Å²) in [6.07, 6.45) is -2.77. The van der Waals surface area contributed by atoms with Gasteiger partial charge in [0.05, 0.1) is 23.8 Å². The normalized spacial score (nSPS) is 11.7. The summed E-state index contributed by atoms with van der Waals surface area (Å²) < 4.78 is 39.3. The summed E-state index contributed by atoms with van der Waals surface area (Å²) in [7, 11) is 0. The number of hydrogen-bond acceptors (Lipinski definition) is 3. The molecular weight excluding hydrogens is 323 g/mol. The van der Waals surface area contributed by atoms with Crippen molar-refractivity contribution in [2.45, 2.75) is 12.7 Å². The molecule has 2 N–H and O–H groups in total. The van der Waals surface area contributed by atoms with E-state index in [1.54, 1.807) is 28.5 Å². The van der Waals surface area contributed by atoms with Crippen LogP contribution in [0.3, 0.4) is 0 Å². The van der Waals surface area contributed by atoms with E-state index in [0.717, 1.165) is 17.5 Å². The average Bonchev–Trinajstić information content (AvgIpc) is 2.96. The van der Waals surface area contributed by atoms with Gasteiger partial charge in [0.2, 0.25) is 0 Å². The third-order valence-electron chi connectivity index (χ3n) is 3.62. The highest BCUT2D eigenvalue weighted by Gasteiger charge is 2.29. The zero-order chi connectivity index (χ0) is 17.3. The van der Waals surface area contributed by atoms with E-state index >= 15 is 0 Å². The van der Waals surface area contributed by atoms with Gasteiger partial charge in [-0.1, -0.05) is 18.2 Å². The second kappa shape index (κ2) is 5.97. The van der Waals surface area contributed by atoms with Crippen molar-refractivity contribution in [2.24, 2.45) is 0 Å². The van der Waals surface area contributed by atoms with Crippen molar-refractivity contribution in [3.63, 3.8) is 0 Å². The van der Waals surface area contributed by atoms with Gasteiger partial charge in [0.1, 0.15) is 0 Å². The molecule has 3 aromatic rings. The van der Waals surface area contributed by atoms with Crippen molar-refractivity contribution in [1.82, 2.24) is 15.3 Å². The van der Waals surface area contributed by atoms with Gasteiger partial charge in [-0.2, -0.15) is 18.3 Å². The van der Waals surface area contributed by atoms with Gasteiger partial charge in [0, 0.05) is 10.9 Å². The number of nitrogens with one attached hydrogen (secondary N) is 1. The van der Waals surface area contributed by atoms with Crippen LogP contribution in [-0.2, 0) is 12.7 Å². The van der Waals surface area contributed by atoms with E-state index < -0.39 is 17.6 Å². The summed E-state index contributed by atoms with van der Waals surface area (Å²) in [5.41, 5.74) is 2.37. The Morgan fingerprint density at radius 3 is 2.50 bits per heavy atom. The summed E-state index contributed by atoms with van der Waals surface area (Å²) in [4.78, 5) is 11.5. The number of hydroxylamine groups is 1. The molecule has 0 bridgehead atoms. The molecule has 1 amide bonds. The highest BCUT2D eigenvalue weighted by Crippen LogP contribution is 2.29. The minimum atomic E-state index is -4.37. The molecule has 0 unspecified atom stereocenters. The molecule has 3 rings (SSSR count). The molecule has 124 valence electrons. The zero-order valence-electron chi connectivity index (χ0n) is 12.2. The molecule has 0 fully saturated rings. The maximum absolute atomic E-state index is 12.6. The Kier molecular flexibility index (Phi) is 3.98. The highest BCUT2D eigenvalue weighted by molar-refractivity contribution is 5.97. The van der Waals surface area contributed by atoms with Crippen LogP contribution in [0.4, 0.5) is 13.2 Å². The third kappa shape index (κ3) is 3.09. The smallest absolute Gasteiger partial charge is 0.288 e. The monoisotopic (exact) mass is 335 g/mol. The van der Waals surface area contributed by atoms with Crippen LogP contribution in [0.2, 0.25) is 0 Å². The van der Waals surface area contributed by atoms with Crippen molar-refractivity contribution < 1.29 is 23.2 Å². The number of nitrogens with zero attached hydrogens (tertiary/aromatic N) is 2. The SMILES string of the molecule is O=C(NO)c1ccc2cnn(Cc3ccc(C(F)(F)F)cc3)c2c1. The molecule has 0 atom stereocenters. The van der Waals surface area contributed by atoms with Crippen molar-refractivity contribution in [3.8, 4) is 0 Å². The molecule has 1 heterocycles. The number of hydrogen-bond donors (Lipinski definition) is 2. The number of amides is 1. The second-order valence-corrected chi connectivity index (χ2v) is 5.21. The second-order valence-electron chi connectivity index (χ2n) is 5.21. The quantitative estimate of drug-likeness (QED) is 0.570. The van der Waals surface area contributed by atoms with Crippen LogP contribution in [0.25, 0.3) is 10.9 Å². The lowest BCUT2D eigenvalue weighted by atomic mass is 10.1. The van der Waals surface area contributed by atoms with Gasteiger partial charge in [0.25, 0.3) is 5.91 Å². The van der Waals surface area contributed by atoms with E-state index in [1.807, 2.05) is 0 Å². The molecule has 0 aliphatic heterocycles.